The van der Waals surface area contributed by atoms with Gasteiger partial charge < -0.3 is 15.4 Å². The molecule has 0 spiro atoms. The Balaban J connectivity index is 1.38. The molecule has 32 heavy (non-hydrogen) atoms. The molecule has 2 atom stereocenters. The number of nitrogens with one attached hydrogen (secondary N) is 2. The second kappa shape index (κ2) is 7.71. The van der Waals surface area contributed by atoms with Crippen LogP contribution >= 0.6 is 0 Å². The molecule has 1 fully saturated rings. The van der Waals surface area contributed by atoms with Gasteiger partial charge >= 0.3 is 6.03 Å². The molecule has 2 aliphatic heterocycles. The summed E-state index contributed by atoms with van der Waals surface area (Å²) in [6, 6.07) is 22.6. The Morgan fingerprint density at radius 1 is 1.12 bits per heavy atom. The van der Waals surface area contributed by atoms with E-state index in [1.165, 1.54) is 5.56 Å². The van der Waals surface area contributed by atoms with Gasteiger partial charge in [0.15, 0.2) is 5.72 Å². The van der Waals surface area contributed by atoms with Crippen LogP contribution in [-0.4, -0.2) is 17.7 Å². The maximum atomic E-state index is 13.1. The van der Waals surface area contributed by atoms with Crippen LogP contribution in [0.5, 0.6) is 5.75 Å². The molecule has 1 saturated heterocycles. The normalized spacial score (nSPS) is 21.2. The molecule has 3 amide bonds. The van der Waals surface area contributed by atoms with Crippen LogP contribution < -0.4 is 20.3 Å². The number of hydrogen-bond acceptors (Lipinski definition) is 3. The molecule has 2 heterocycles. The fourth-order valence-electron chi connectivity index (χ4n) is 4.49. The van der Waals surface area contributed by atoms with Gasteiger partial charge in [0, 0.05) is 24.1 Å². The van der Waals surface area contributed by atoms with Crippen LogP contribution in [0.15, 0.2) is 72.8 Å². The van der Waals surface area contributed by atoms with Gasteiger partial charge in [0.05, 0.1) is 11.7 Å². The summed E-state index contributed by atoms with van der Waals surface area (Å²) >= 11 is 0. The van der Waals surface area contributed by atoms with Crippen molar-refractivity contribution < 1.29 is 14.3 Å². The molecule has 5 rings (SSSR count). The summed E-state index contributed by atoms with van der Waals surface area (Å²) < 4.78 is 6.31. The van der Waals surface area contributed by atoms with Gasteiger partial charge in [0.1, 0.15) is 5.75 Å². The summed E-state index contributed by atoms with van der Waals surface area (Å²) in [7, 11) is 0. The number of amides is 3. The number of para-hydroxylation sites is 1. The highest BCUT2D eigenvalue weighted by molar-refractivity contribution is 5.99. The van der Waals surface area contributed by atoms with Crippen molar-refractivity contribution in [1.82, 2.24) is 10.6 Å². The Kier molecular flexibility index (Phi) is 4.85. The van der Waals surface area contributed by atoms with E-state index in [-0.39, 0.29) is 18.0 Å². The topological polar surface area (TPSA) is 70.7 Å². The van der Waals surface area contributed by atoms with Crippen LogP contribution in [0.4, 0.5) is 10.5 Å². The first-order valence-electron chi connectivity index (χ1n) is 10.8. The Morgan fingerprint density at radius 2 is 1.91 bits per heavy atom. The van der Waals surface area contributed by atoms with Crippen molar-refractivity contribution >= 4 is 17.6 Å². The molecule has 6 nitrogen and oxygen atoms in total. The van der Waals surface area contributed by atoms with Crippen molar-refractivity contribution in [2.24, 2.45) is 0 Å². The van der Waals surface area contributed by atoms with Crippen molar-refractivity contribution in [3.8, 4) is 5.75 Å². The molecule has 162 valence electrons. The maximum Gasteiger partial charge on any atom is 0.325 e. The fourth-order valence-corrected chi connectivity index (χ4v) is 4.49. The van der Waals surface area contributed by atoms with Crippen molar-refractivity contribution in [2.75, 3.05) is 4.90 Å². The number of nitrogens with zero attached hydrogens (tertiary/aromatic N) is 1. The minimum Gasteiger partial charge on any atom is -0.467 e. The smallest absolute Gasteiger partial charge is 0.325 e. The summed E-state index contributed by atoms with van der Waals surface area (Å²) in [6.45, 7) is 4.38. The van der Waals surface area contributed by atoms with Gasteiger partial charge in [-0.05, 0) is 43.7 Å². The summed E-state index contributed by atoms with van der Waals surface area (Å²) in [6.07, 6.45) is 0.611. The number of hydrogen-bond donors (Lipinski definition) is 2. The summed E-state index contributed by atoms with van der Waals surface area (Å²) in [5, 5.41) is 6.04. The quantitative estimate of drug-likeness (QED) is 0.634. The highest BCUT2D eigenvalue weighted by Crippen LogP contribution is 2.45. The monoisotopic (exact) mass is 427 g/mol. The van der Waals surface area contributed by atoms with Gasteiger partial charge in [-0.1, -0.05) is 54.1 Å². The van der Waals surface area contributed by atoms with Crippen molar-refractivity contribution in [2.45, 2.75) is 38.6 Å². The first-order valence-corrected chi connectivity index (χ1v) is 10.8. The zero-order chi connectivity index (χ0) is 22.3. The van der Waals surface area contributed by atoms with E-state index >= 15 is 0 Å². The Morgan fingerprint density at radius 3 is 2.72 bits per heavy atom. The van der Waals surface area contributed by atoms with E-state index < -0.39 is 5.72 Å². The first-order chi connectivity index (χ1) is 15.4. The Bertz CT molecular complexity index is 1190. The van der Waals surface area contributed by atoms with Gasteiger partial charge in [0.2, 0.25) is 0 Å². The number of carbonyl (C=O) groups is 2. The van der Waals surface area contributed by atoms with E-state index in [1.807, 2.05) is 68.4 Å². The standard InChI is InChI=1S/C26H25N3O3/c1-17-10-12-18(13-11-17)16-27-24(30)19-6-5-7-20(14-19)29-25(31)28-22-15-26(29,2)32-23-9-4-3-8-21(22)23/h3-14,22H,15-16H2,1-2H3,(H,27,30)(H,28,31). The number of ether oxygens (including phenoxy) is 1. The van der Waals surface area contributed by atoms with E-state index in [0.29, 0.717) is 24.2 Å². The number of fused-ring (bicyclic) bond motifs is 4. The molecule has 0 aromatic heterocycles. The highest BCUT2D eigenvalue weighted by Gasteiger charge is 2.49. The third kappa shape index (κ3) is 3.58. The van der Waals surface area contributed by atoms with Gasteiger partial charge in [-0.3, -0.25) is 9.69 Å². The van der Waals surface area contributed by atoms with Crippen LogP contribution in [0, 0.1) is 6.92 Å². The Labute approximate surface area is 187 Å². The van der Waals surface area contributed by atoms with Gasteiger partial charge in [-0.15, -0.1) is 0 Å². The van der Waals surface area contributed by atoms with E-state index in [9.17, 15) is 9.59 Å². The van der Waals surface area contributed by atoms with Crippen molar-refractivity contribution in [1.29, 1.82) is 0 Å². The number of benzene rings is 3. The molecular formula is C26H25N3O3. The first kappa shape index (κ1) is 20.1. The molecule has 2 aliphatic rings. The lowest BCUT2D eigenvalue weighted by atomic mass is 9.90. The molecule has 0 saturated carbocycles. The molecule has 2 N–H and O–H groups in total. The molecule has 3 aromatic carbocycles. The van der Waals surface area contributed by atoms with Gasteiger partial charge in [-0.2, -0.15) is 0 Å². The van der Waals surface area contributed by atoms with Crippen LogP contribution in [0.3, 0.4) is 0 Å². The second-order valence-corrected chi connectivity index (χ2v) is 8.58. The van der Waals surface area contributed by atoms with Crippen LogP contribution in [0.25, 0.3) is 0 Å². The molecule has 3 aromatic rings. The SMILES string of the molecule is Cc1ccc(CNC(=O)c2cccc(N3C(=O)NC4CC3(C)Oc3ccccc34)c2)cc1. The molecule has 2 unspecified atom stereocenters. The maximum absolute atomic E-state index is 13.1. The summed E-state index contributed by atoms with van der Waals surface area (Å²) in [4.78, 5) is 27.5. The Hall–Kier alpha value is -3.80. The predicted molar refractivity (Wildman–Crippen MR) is 123 cm³/mol. The second-order valence-electron chi connectivity index (χ2n) is 8.58. The predicted octanol–water partition coefficient (Wildman–Crippen LogP) is 4.69. The van der Waals surface area contributed by atoms with Crippen molar-refractivity contribution in [3.05, 3.63) is 95.1 Å². The molecule has 0 aliphatic carbocycles. The number of rotatable bonds is 4. The van der Waals surface area contributed by atoms with Gasteiger partial charge in [-0.25, -0.2) is 4.79 Å². The lowest BCUT2D eigenvalue weighted by Gasteiger charge is -2.50. The molecule has 2 bridgehead atoms. The van der Waals surface area contributed by atoms with Crippen LogP contribution in [0.2, 0.25) is 0 Å². The summed E-state index contributed by atoms with van der Waals surface area (Å²) in [5.41, 5.74) is 3.45. The number of aryl methyl sites for hydroxylation is 1. The third-order valence-electron chi connectivity index (χ3n) is 6.12. The van der Waals surface area contributed by atoms with E-state index in [4.69, 9.17) is 4.74 Å². The zero-order valence-corrected chi connectivity index (χ0v) is 18.1. The largest absolute Gasteiger partial charge is 0.467 e. The molecular weight excluding hydrogens is 402 g/mol. The third-order valence-corrected chi connectivity index (χ3v) is 6.12. The minimum absolute atomic E-state index is 0.102. The van der Waals surface area contributed by atoms with Crippen molar-refractivity contribution in [3.63, 3.8) is 0 Å². The van der Waals surface area contributed by atoms with E-state index in [2.05, 4.69) is 10.6 Å². The van der Waals surface area contributed by atoms with E-state index in [1.54, 1.807) is 23.1 Å². The lowest BCUT2D eigenvalue weighted by molar-refractivity contribution is 0.0378. The number of urea groups is 1. The number of carbonyl (C=O) groups excluding carboxylic acids is 2. The lowest BCUT2D eigenvalue weighted by Crippen LogP contribution is -2.65. The van der Waals surface area contributed by atoms with E-state index in [0.717, 1.165) is 16.9 Å². The fraction of sp³-hybridized carbons (Fsp3) is 0.231. The van der Waals surface area contributed by atoms with Crippen LogP contribution in [-0.2, 0) is 6.54 Å². The average Bonchev–Trinajstić information content (AvgIpc) is 2.78. The summed E-state index contributed by atoms with van der Waals surface area (Å²) in [5.74, 6) is 0.575. The van der Waals surface area contributed by atoms with Crippen LogP contribution in [0.1, 0.15) is 46.4 Å². The molecule has 0 radical (unpaired) electrons. The minimum atomic E-state index is -0.849. The number of anilines is 1. The zero-order valence-electron chi connectivity index (χ0n) is 18.1. The van der Waals surface area contributed by atoms with Gasteiger partial charge in [0.25, 0.3) is 5.91 Å². The molecule has 6 heteroatoms. The highest BCUT2D eigenvalue weighted by atomic mass is 16.5. The average molecular weight is 428 g/mol.